The second kappa shape index (κ2) is 7.54. The predicted octanol–water partition coefficient (Wildman–Crippen LogP) is 3.54. The zero-order chi connectivity index (χ0) is 15.2. The topological polar surface area (TPSA) is 42.7 Å². The van der Waals surface area contributed by atoms with Crippen LogP contribution >= 0.6 is 0 Å². The number of pyridine rings is 1. The lowest BCUT2D eigenvalue weighted by Gasteiger charge is -2.21. The van der Waals surface area contributed by atoms with E-state index >= 15 is 0 Å². The van der Waals surface area contributed by atoms with Crippen molar-refractivity contribution in [1.82, 2.24) is 20.1 Å². The summed E-state index contributed by atoms with van der Waals surface area (Å²) in [6, 6.07) is 4.04. The molecular weight excluding hydrogens is 272 g/mol. The molecule has 0 radical (unpaired) electrons. The third-order valence-electron chi connectivity index (χ3n) is 4.63. The Bertz CT molecular complexity index is 570. The highest BCUT2D eigenvalue weighted by atomic mass is 15.3. The second-order valence-electron chi connectivity index (χ2n) is 6.38. The van der Waals surface area contributed by atoms with E-state index in [2.05, 4.69) is 21.6 Å². The highest BCUT2D eigenvalue weighted by Gasteiger charge is 2.13. The van der Waals surface area contributed by atoms with Crippen molar-refractivity contribution < 1.29 is 0 Å². The van der Waals surface area contributed by atoms with Crippen molar-refractivity contribution in [3.8, 4) is 11.3 Å². The molecule has 4 heteroatoms. The van der Waals surface area contributed by atoms with E-state index in [9.17, 15) is 0 Å². The van der Waals surface area contributed by atoms with Crippen molar-refractivity contribution >= 4 is 0 Å². The summed E-state index contributed by atoms with van der Waals surface area (Å²) >= 11 is 0. The summed E-state index contributed by atoms with van der Waals surface area (Å²) in [7, 11) is 1.98. The van der Waals surface area contributed by atoms with E-state index in [1.165, 1.54) is 44.1 Å². The van der Waals surface area contributed by atoms with Crippen LogP contribution in [0.4, 0.5) is 0 Å². The van der Waals surface area contributed by atoms with Crippen LogP contribution in [0.1, 0.15) is 44.1 Å². The van der Waals surface area contributed by atoms with Gasteiger partial charge in [-0.3, -0.25) is 9.67 Å². The predicted molar refractivity (Wildman–Crippen MR) is 89.3 cm³/mol. The number of aryl methyl sites for hydroxylation is 1. The van der Waals surface area contributed by atoms with Crippen LogP contribution in [0.3, 0.4) is 0 Å². The van der Waals surface area contributed by atoms with Crippen molar-refractivity contribution in [2.75, 3.05) is 6.54 Å². The minimum atomic E-state index is 0.887. The summed E-state index contributed by atoms with van der Waals surface area (Å²) in [6.45, 7) is 1.99. The molecule has 22 heavy (non-hydrogen) atoms. The van der Waals surface area contributed by atoms with Gasteiger partial charge in [-0.25, -0.2) is 0 Å². The lowest BCUT2D eigenvalue weighted by atomic mass is 9.87. The third kappa shape index (κ3) is 3.95. The summed E-state index contributed by atoms with van der Waals surface area (Å²) in [5.74, 6) is 0.940. The van der Waals surface area contributed by atoms with E-state index in [1.54, 1.807) is 0 Å². The molecule has 0 amide bonds. The van der Waals surface area contributed by atoms with Crippen LogP contribution in [0.5, 0.6) is 0 Å². The minimum absolute atomic E-state index is 0.887. The van der Waals surface area contributed by atoms with E-state index in [-0.39, 0.29) is 0 Å². The summed E-state index contributed by atoms with van der Waals surface area (Å²) in [5, 5.41) is 8.20. The Morgan fingerprint density at radius 3 is 2.73 bits per heavy atom. The molecule has 0 saturated heterocycles. The molecule has 0 aliphatic heterocycles. The lowest BCUT2D eigenvalue weighted by Crippen LogP contribution is -2.19. The minimum Gasteiger partial charge on any atom is -0.313 e. The van der Waals surface area contributed by atoms with Gasteiger partial charge in [0.15, 0.2) is 0 Å². The Balaban J connectivity index is 1.54. The largest absolute Gasteiger partial charge is 0.313 e. The quantitative estimate of drug-likeness (QED) is 0.829. The Labute approximate surface area is 133 Å². The van der Waals surface area contributed by atoms with Crippen LogP contribution < -0.4 is 5.32 Å². The molecule has 0 aromatic carbocycles. The van der Waals surface area contributed by atoms with Crippen molar-refractivity contribution in [3.63, 3.8) is 0 Å². The molecule has 0 atom stereocenters. The molecule has 1 fully saturated rings. The molecule has 0 spiro atoms. The van der Waals surface area contributed by atoms with Gasteiger partial charge in [0.1, 0.15) is 0 Å². The fraction of sp³-hybridized carbons (Fsp3) is 0.556. The molecular formula is C18H26N4. The van der Waals surface area contributed by atoms with Gasteiger partial charge < -0.3 is 5.32 Å². The molecule has 1 saturated carbocycles. The smallest absolute Gasteiger partial charge is 0.0969 e. The van der Waals surface area contributed by atoms with Crippen LogP contribution in [0, 0.1) is 5.92 Å². The third-order valence-corrected chi connectivity index (χ3v) is 4.63. The zero-order valence-electron chi connectivity index (χ0n) is 13.5. The Morgan fingerprint density at radius 1 is 1.18 bits per heavy atom. The molecule has 1 N–H and O–H groups in total. The summed E-state index contributed by atoms with van der Waals surface area (Å²) < 4.78 is 1.90. The van der Waals surface area contributed by atoms with Gasteiger partial charge in [-0.15, -0.1) is 0 Å². The molecule has 2 aromatic heterocycles. The SMILES string of the molecule is Cn1cc(CNCCC2CCCCC2)c(-c2ccncc2)n1. The zero-order valence-corrected chi connectivity index (χ0v) is 13.5. The number of aromatic nitrogens is 3. The molecule has 0 bridgehead atoms. The monoisotopic (exact) mass is 298 g/mol. The first-order chi connectivity index (χ1) is 10.8. The van der Waals surface area contributed by atoms with Gasteiger partial charge in [0.25, 0.3) is 0 Å². The normalized spacial score (nSPS) is 16.0. The number of nitrogens with one attached hydrogen (secondary N) is 1. The van der Waals surface area contributed by atoms with Crippen molar-refractivity contribution in [3.05, 3.63) is 36.3 Å². The molecule has 2 heterocycles. The van der Waals surface area contributed by atoms with Crippen LogP contribution in [0.15, 0.2) is 30.7 Å². The van der Waals surface area contributed by atoms with E-state index < -0.39 is 0 Å². The van der Waals surface area contributed by atoms with Gasteiger partial charge in [-0.1, -0.05) is 32.1 Å². The van der Waals surface area contributed by atoms with Crippen LogP contribution in [-0.4, -0.2) is 21.3 Å². The Hall–Kier alpha value is -1.68. The average Bonchev–Trinajstić information content (AvgIpc) is 2.94. The highest BCUT2D eigenvalue weighted by molar-refractivity contribution is 5.61. The van der Waals surface area contributed by atoms with Gasteiger partial charge in [-0.2, -0.15) is 5.10 Å². The average molecular weight is 298 g/mol. The first-order valence-corrected chi connectivity index (χ1v) is 8.46. The lowest BCUT2D eigenvalue weighted by molar-refractivity contribution is 0.334. The fourth-order valence-corrected chi connectivity index (χ4v) is 3.42. The first kappa shape index (κ1) is 15.2. The van der Waals surface area contributed by atoms with Gasteiger partial charge in [0.2, 0.25) is 0 Å². The number of hydrogen-bond acceptors (Lipinski definition) is 3. The molecule has 118 valence electrons. The number of rotatable bonds is 6. The van der Waals surface area contributed by atoms with Crippen LogP contribution in [0.2, 0.25) is 0 Å². The van der Waals surface area contributed by atoms with E-state index in [1.807, 2.05) is 36.3 Å². The molecule has 1 aliphatic rings. The second-order valence-corrected chi connectivity index (χ2v) is 6.38. The van der Waals surface area contributed by atoms with Gasteiger partial charge in [-0.05, 0) is 31.0 Å². The van der Waals surface area contributed by atoms with E-state index in [4.69, 9.17) is 0 Å². The molecule has 1 aliphatic carbocycles. The van der Waals surface area contributed by atoms with Gasteiger partial charge in [0.05, 0.1) is 5.69 Å². The van der Waals surface area contributed by atoms with Crippen molar-refractivity contribution in [2.24, 2.45) is 13.0 Å². The van der Waals surface area contributed by atoms with Crippen molar-refractivity contribution in [1.29, 1.82) is 0 Å². The van der Waals surface area contributed by atoms with Crippen LogP contribution in [-0.2, 0) is 13.6 Å². The van der Waals surface area contributed by atoms with Crippen LogP contribution in [0.25, 0.3) is 11.3 Å². The highest BCUT2D eigenvalue weighted by Crippen LogP contribution is 2.26. The fourth-order valence-electron chi connectivity index (χ4n) is 3.42. The summed E-state index contributed by atoms with van der Waals surface area (Å²) in [5.41, 5.74) is 3.46. The molecule has 0 unspecified atom stereocenters. The maximum atomic E-state index is 4.60. The summed E-state index contributed by atoms with van der Waals surface area (Å²) in [6.07, 6.45) is 14.2. The maximum absolute atomic E-state index is 4.60. The van der Waals surface area contributed by atoms with E-state index in [0.717, 1.165) is 30.3 Å². The Kier molecular flexibility index (Phi) is 5.22. The number of hydrogen-bond donors (Lipinski definition) is 1. The summed E-state index contributed by atoms with van der Waals surface area (Å²) in [4.78, 5) is 4.08. The maximum Gasteiger partial charge on any atom is 0.0969 e. The molecule has 3 rings (SSSR count). The van der Waals surface area contributed by atoms with Gasteiger partial charge >= 0.3 is 0 Å². The number of nitrogens with zero attached hydrogens (tertiary/aromatic N) is 3. The Morgan fingerprint density at radius 2 is 1.95 bits per heavy atom. The van der Waals surface area contributed by atoms with E-state index in [0.29, 0.717) is 0 Å². The molecule has 4 nitrogen and oxygen atoms in total. The standard InChI is InChI=1S/C18H26N4/c1-22-14-17(18(21-22)16-8-11-19-12-9-16)13-20-10-7-15-5-3-2-4-6-15/h8-9,11-12,14-15,20H,2-7,10,13H2,1H3. The first-order valence-electron chi connectivity index (χ1n) is 8.46. The van der Waals surface area contributed by atoms with Gasteiger partial charge in [0, 0.05) is 43.3 Å². The van der Waals surface area contributed by atoms with Crippen molar-refractivity contribution in [2.45, 2.75) is 45.1 Å². The molecule has 2 aromatic rings.